The highest BCUT2D eigenvalue weighted by Gasteiger charge is 2.11. The van der Waals surface area contributed by atoms with Crippen LogP contribution in [0, 0.1) is 0 Å². The van der Waals surface area contributed by atoms with Crippen LogP contribution in [-0.4, -0.2) is 29.1 Å². The molecule has 1 aliphatic heterocycles. The van der Waals surface area contributed by atoms with E-state index >= 15 is 0 Å². The van der Waals surface area contributed by atoms with Crippen LogP contribution >= 0.6 is 0 Å². The van der Waals surface area contributed by atoms with Crippen molar-refractivity contribution in [2.45, 2.75) is 38.8 Å². The lowest BCUT2D eigenvalue weighted by atomic mass is 10.1. The molecule has 0 aromatic carbocycles. The Hall–Kier alpha value is -0.800. The predicted octanol–water partition coefficient (Wildman–Crippen LogP) is 1.99. The van der Waals surface area contributed by atoms with Crippen molar-refractivity contribution in [3.05, 3.63) is 24.0 Å². The van der Waals surface area contributed by atoms with Crippen LogP contribution in [0.1, 0.15) is 37.8 Å². The summed E-state index contributed by atoms with van der Waals surface area (Å²) in [4.78, 5) is 2.54. The lowest BCUT2D eigenvalue weighted by Crippen LogP contribution is -2.23. The minimum Gasteiger partial charge on any atom is -0.353 e. The van der Waals surface area contributed by atoms with Crippen molar-refractivity contribution >= 4 is 0 Å². The number of hydrogen-bond acceptors (Lipinski definition) is 2. The Kier molecular flexibility index (Phi) is 4.02. The summed E-state index contributed by atoms with van der Waals surface area (Å²) in [6.07, 6.45) is 8.11. The van der Waals surface area contributed by atoms with Crippen LogP contribution in [0.5, 0.6) is 0 Å². The van der Waals surface area contributed by atoms with Gasteiger partial charge in [-0.2, -0.15) is 0 Å². The number of likely N-dealkylation sites (tertiary alicyclic amines) is 1. The molecule has 1 unspecified atom stereocenters. The fourth-order valence-corrected chi connectivity index (χ4v) is 2.32. The van der Waals surface area contributed by atoms with E-state index in [0.717, 1.165) is 13.0 Å². The summed E-state index contributed by atoms with van der Waals surface area (Å²) < 4.78 is 2.27. The monoisotopic (exact) mass is 221 g/mol. The first-order valence-corrected chi connectivity index (χ1v) is 6.43. The Bertz CT molecular complexity index is 313. The van der Waals surface area contributed by atoms with Crippen molar-refractivity contribution in [3.8, 4) is 0 Å². The van der Waals surface area contributed by atoms with Gasteiger partial charge in [-0.05, 0) is 44.0 Å². The van der Waals surface area contributed by atoms with Gasteiger partial charge in [-0.25, -0.2) is 0 Å². The maximum atomic E-state index is 6.00. The van der Waals surface area contributed by atoms with Gasteiger partial charge in [-0.3, -0.25) is 0 Å². The van der Waals surface area contributed by atoms with Crippen molar-refractivity contribution in [2.75, 3.05) is 19.6 Å². The fourth-order valence-electron chi connectivity index (χ4n) is 2.32. The van der Waals surface area contributed by atoms with E-state index in [-0.39, 0.29) is 6.04 Å². The van der Waals surface area contributed by atoms with Gasteiger partial charge in [0.2, 0.25) is 0 Å². The van der Waals surface area contributed by atoms with Gasteiger partial charge in [0.1, 0.15) is 0 Å². The van der Waals surface area contributed by atoms with Crippen LogP contribution in [0.15, 0.2) is 18.5 Å². The van der Waals surface area contributed by atoms with E-state index in [2.05, 4.69) is 34.9 Å². The molecule has 1 aliphatic rings. The lowest BCUT2D eigenvalue weighted by Gasteiger charge is -2.14. The van der Waals surface area contributed by atoms with E-state index in [4.69, 9.17) is 5.73 Å². The van der Waals surface area contributed by atoms with Crippen LogP contribution < -0.4 is 5.73 Å². The maximum absolute atomic E-state index is 6.00. The van der Waals surface area contributed by atoms with Crippen molar-refractivity contribution in [1.29, 1.82) is 0 Å². The van der Waals surface area contributed by atoms with E-state index in [9.17, 15) is 0 Å². The van der Waals surface area contributed by atoms with Crippen LogP contribution in [0.2, 0.25) is 0 Å². The minimum atomic E-state index is 0.202. The van der Waals surface area contributed by atoms with Gasteiger partial charge in [-0.1, -0.05) is 6.92 Å². The summed E-state index contributed by atoms with van der Waals surface area (Å²) in [6, 6.07) is 2.35. The third-order valence-electron chi connectivity index (χ3n) is 3.51. The first-order chi connectivity index (χ1) is 7.79. The average molecular weight is 221 g/mol. The van der Waals surface area contributed by atoms with E-state index in [1.165, 1.54) is 38.0 Å². The molecular formula is C13H23N3. The molecule has 0 radical (unpaired) electrons. The molecule has 3 heteroatoms. The van der Waals surface area contributed by atoms with Gasteiger partial charge < -0.3 is 15.2 Å². The molecule has 2 rings (SSSR count). The van der Waals surface area contributed by atoms with Crippen molar-refractivity contribution in [3.63, 3.8) is 0 Å². The molecule has 0 saturated carbocycles. The van der Waals surface area contributed by atoms with Gasteiger partial charge in [0.05, 0.1) is 0 Å². The zero-order chi connectivity index (χ0) is 11.4. The van der Waals surface area contributed by atoms with Gasteiger partial charge >= 0.3 is 0 Å². The van der Waals surface area contributed by atoms with Gasteiger partial charge in [0.15, 0.2) is 0 Å². The van der Waals surface area contributed by atoms with Crippen LogP contribution in [0.25, 0.3) is 0 Å². The van der Waals surface area contributed by atoms with Crippen molar-refractivity contribution < 1.29 is 0 Å². The second kappa shape index (κ2) is 5.51. The Labute approximate surface area is 98.2 Å². The molecule has 1 aromatic rings. The summed E-state index contributed by atoms with van der Waals surface area (Å²) in [5, 5.41) is 0. The zero-order valence-corrected chi connectivity index (χ0v) is 10.2. The Morgan fingerprint density at radius 3 is 2.75 bits per heavy atom. The van der Waals surface area contributed by atoms with Gasteiger partial charge in [0.25, 0.3) is 0 Å². The third-order valence-corrected chi connectivity index (χ3v) is 3.51. The highest BCUT2D eigenvalue weighted by atomic mass is 15.2. The number of nitrogens with two attached hydrogens (primary N) is 1. The second-order valence-corrected chi connectivity index (χ2v) is 4.75. The molecule has 0 amide bonds. The van der Waals surface area contributed by atoms with Crippen LogP contribution in [-0.2, 0) is 6.54 Å². The molecular weight excluding hydrogens is 198 g/mol. The Morgan fingerprint density at radius 1 is 1.31 bits per heavy atom. The molecule has 2 N–H and O–H groups in total. The molecule has 2 heterocycles. The van der Waals surface area contributed by atoms with Gasteiger partial charge in [-0.15, -0.1) is 0 Å². The number of hydrogen-bond donors (Lipinski definition) is 1. The predicted molar refractivity (Wildman–Crippen MR) is 67.3 cm³/mol. The van der Waals surface area contributed by atoms with E-state index in [1.807, 2.05) is 0 Å². The molecule has 1 aromatic heterocycles. The van der Waals surface area contributed by atoms with Crippen molar-refractivity contribution in [2.24, 2.45) is 5.73 Å². The lowest BCUT2D eigenvalue weighted by molar-refractivity contribution is 0.322. The van der Waals surface area contributed by atoms with E-state index in [0.29, 0.717) is 0 Å². The molecule has 3 nitrogen and oxygen atoms in total. The molecule has 0 bridgehead atoms. The number of aromatic nitrogens is 1. The Balaban J connectivity index is 1.82. The van der Waals surface area contributed by atoms with Gasteiger partial charge in [0, 0.05) is 31.5 Å². The Morgan fingerprint density at radius 2 is 2.06 bits per heavy atom. The number of rotatable bonds is 5. The largest absolute Gasteiger partial charge is 0.353 e. The number of nitrogens with zero attached hydrogens (tertiary/aromatic N) is 2. The summed E-state index contributed by atoms with van der Waals surface area (Å²) in [6.45, 7) is 6.96. The molecule has 0 spiro atoms. The summed E-state index contributed by atoms with van der Waals surface area (Å²) in [7, 11) is 0. The first-order valence-electron chi connectivity index (χ1n) is 6.43. The highest BCUT2D eigenvalue weighted by molar-refractivity contribution is 5.14. The highest BCUT2D eigenvalue weighted by Crippen LogP contribution is 2.14. The second-order valence-electron chi connectivity index (χ2n) is 4.75. The summed E-state index contributed by atoms with van der Waals surface area (Å²) in [5.74, 6) is 0. The SMILES string of the molecule is CCC(N)c1ccn(CCN2CCCC2)c1. The minimum absolute atomic E-state index is 0.202. The molecule has 1 saturated heterocycles. The fraction of sp³-hybridized carbons (Fsp3) is 0.692. The molecule has 16 heavy (non-hydrogen) atoms. The quantitative estimate of drug-likeness (QED) is 0.825. The summed E-state index contributed by atoms with van der Waals surface area (Å²) >= 11 is 0. The standard InChI is InChI=1S/C13H23N3/c1-2-13(14)12-5-8-16(11-12)10-9-15-6-3-4-7-15/h5,8,11,13H,2-4,6-7,9-10,14H2,1H3. The molecule has 1 atom stereocenters. The van der Waals surface area contributed by atoms with E-state index < -0.39 is 0 Å². The molecule has 0 aliphatic carbocycles. The maximum Gasteiger partial charge on any atom is 0.0347 e. The zero-order valence-electron chi connectivity index (χ0n) is 10.2. The van der Waals surface area contributed by atoms with E-state index in [1.54, 1.807) is 0 Å². The van der Waals surface area contributed by atoms with Crippen molar-refractivity contribution in [1.82, 2.24) is 9.47 Å². The van der Waals surface area contributed by atoms with Crippen LogP contribution in [0.4, 0.5) is 0 Å². The average Bonchev–Trinajstić information content (AvgIpc) is 2.96. The smallest absolute Gasteiger partial charge is 0.0347 e. The summed E-state index contributed by atoms with van der Waals surface area (Å²) in [5.41, 5.74) is 7.27. The molecule has 1 fully saturated rings. The van der Waals surface area contributed by atoms with Crippen LogP contribution in [0.3, 0.4) is 0 Å². The molecule has 90 valence electrons. The topological polar surface area (TPSA) is 34.2 Å². The first kappa shape index (κ1) is 11.7. The normalized spacial score (nSPS) is 19.1. The third kappa shape index (κ3) is 2.86.